The topological polar surface area (TPSA) is 71.7 Å². The molecule has 1 amide bonds. The lowest BCUT2D eigenvalue weighted by Gasteiger charge is -2.37. The highest BCUT2D eigenvalue weighted by Crippen LogP contribution is 2.21. The molecule has 7 heteroatoms. The Bertz CT molecular complexity index is 723. The van der Waals surface area contributed by atoms with Gasteiger partial charge in [0.05, 0.1) is 19.6 Å². The van der Waals surface area contributed by atoms with Crippen molar-refractivity contribution in [3.8, 4) is 5.75 Å². The molecule has 0 aliphatic carbocycles. The van der Waals surface area contributed by atoms with Crippen molar-refractivity contribution in [2.75, 3.05) is 33.3 Å². The summed E-state index contributed by atoms with van der Waals surface area (Å²) < 4.78 is 10.7. The smallest absolute Gasteiger partial charge is 0.233 e. The third kappa shape index (κ3) is 4.17. The van der Waals surface area contributed by atoms with Crippen molar-refractivity contribution in [1.82, 2.24) is 20.0 Å². The lowest BCUT2D eigenvalue weighted by Crippen LogP contribution is -2.49. The van der Waals surface area contributed by atoms with Gasteiger partial charge >= 0.3 is 0 Å². The molecule has 1 fully saturated rings. The Labute approximate surface area is 147 Å². The number of carbonyl (C=O) groups is 1. The van der Waals surface area contributed by atoms with E-state index in [0.717, 1.165) is 24.4 Å². The van der Waals surface area contributed by atoms with E-state index in [4.69, 9.17) is 9.15 Å². The minimum Gasteiger partial charge on any atom is -0.497 e. The summed E-state index contributed by atoms with van der Waals surface area (Å²) in [5, 5.41) is 7.99. The number of aryl methyl sites for hydroxylation is 1. The fourth-order valence-electron chi connectivity index (χ4n) is 3.06. The Kier molecular flexibility index (Phi) is 5.33. The van der Waals surface area contributed by atoms with E-state index < -0.39 is 0 Å². The summed E-state index contributed by atoms with van der Waals surface area (Å²) in [6.45, 7) is 6.86. The first kappa shape index (κ1) is 17.4. The number of amides is 1. The fourth-order valence-corrected chi connectivity index (χ4v) is 3.06. The van der Waals surface area contributed by atoms with Gasteiger partial charge in [0.25, 0.3) is 0 Å². The number of rotatable bonds is 5. The first-order valence-corrected chi connectivity index (χ1v) is 8.51. The molecule has 134 valence electrons. The number of carbonyl (C=O) groups excluding carboxylic acids is 1. The highest BCUT2D eigenvalue weighted by molar-refractivity contribution is 5.79. The average molecular weight is 344 g/mol. The molecule has 1 saturated heterocycles. The van der Waals surface area contributed by atoms with Gasteiger partial charge in [0.15, 0.2) is 0 Å². The second-order valence-corrected chi connectivity index (χ2v) is 6.28. The molecule has 0 saturated carbocycles. The minimum absolute atomic E-state index is 0.0665. The van der Waals surface area contributed by atoms with Crippen LogP contribution in [0.15, 0.2) is 28.7 Å². The molecule has 7 nitrogen and oxygen atoms in total. The maximum Gasteiger partial charge on any atom is 0.233 e. The number of benzene rings is 1. The van der Waals surface area contributed by atoms with Crippen molar-refractivity contribution < 1.29 is 13.9 Å². The van der Waals surface area contributed by atoms with Crippen LogP contribution in [0.2, 0.25) is 0 Å². The van der Waals surface area contributed by atoms with Crippen LogP contribution in [0, 0.1) is 6.92 Å². The summed E-state index contributed by atoms with van der Waals surface area (Å²) >= 11 is 0. The predicted octanol–water partition coefficient (Wildman–Crippen LogP) is 1.83. The summed E-state index contributed by atoms with van der Waals surface area (Å²) in [5.74, 6) is 2.13. The van der Waals surface area contributed by atoms with Crippen LogP contribution < -0.4 is 4.74 Å². The third-order valence-electron chi connectivity index (χ3n) is 4.60. The Morgan fingerprint density at radius 1 is 1.28 bits per heavy atom. The predicted molar refractivity (Wildman–Crippen MR) is 92.3 cm³/mol. The molecular weight excluding hydrogens is 320 g/mol. The van der Waals surface area contributed by atoms with E-state index in [0.29, 0.717) is 31.3 Å². The highest BCUT2D eigenvalue weighted by Gasteiger charge is 2.27. The second-order valence-electron chi connectivity index (χ2n) is 6.28. The Morgan fingerprint density at radius 3 is 2.68 bits per heavy atom. The monoisotopic (exact) mass is 344 g/mol. The van der Waals surface area contributed by atoms with E-state index >= 15 is 0 Å². The van der Waals surface area contributed by atoms with E-state index in [1.165, 1.54) is 0 Å². The van der Waals surface area contributed by atoms with Crippen LogP contribution in [-0.4, -0.2) is 59.2 Å². The number of hydrogen-bond acceptors (Lipinski definition) is 6. The van der Waals surface area contributed by atoms with E-state index in [1.807, 2.05) is 29.2 Å². The lowest BCUT2D eigenvalue weighted by atomic mass is 10.1. The van der Waals surface area contributed by atoms with Gasteiger partial charge in [-0.3, -0.25) is 9.69 Å². The zero-order valence-electron chi connectivity index (χ0n) is 14.9. The van der Waals surface area contributed by atoms with Crippen molar-refractivity contribution in [3.05, 3.63) is 41.6 Å². The number of piperazine rings is 1. The highest BCUT2D eigenvalue weighted by atomic mass is 16.5. The van der Waals surface area contributed by atoms with E-state index in [2.05, 4.69) is 22.0 Å². The molecule has 3 rings (SSSR count). The van der Waals surface area contributed by atoms with Crippen LogP contribution in [0.5, 0.6) is 5.75 Å². The first-order valence-electron chi connectivity index (χ1n) is 8.51. The van der Waals surface area contributed by atoms with Crippen LogP contribution in [0.25, 0.3) is 0 Å². The number of ether oxygens (including phenoxy) is 1. The van der Waals surface area contributed by atoms with Gasteiger partial charge in [-0.25, -0.2) is 0 Å². The standard InChI is InChI=1S/C18H24N4O3/c1-13(18-20-19-14(2)25-18)21-7-9-22(10-8-21)17(23)12-15-5-4-6-16(11-15)24-3/h4-6,11,13H,7-10,12H2,1-3H3. The number of methoxy groups -OCH3 is 1. The number of nitrogens with zero attached hydrogens (tertiary/aromatic N) is 4. The normalized spacial score (nSPS) is 16.7. The molecule has 0 bridgehead atoms. The molecule has 2 heterocycles. The van der Waals surface area contributed by atoms with Crippen LogP contribution in [-0.2, 0) is 11.2 Å². The molecule has 1 unspecified atom stereocenters. The Hall–Kier alpha value is -2.41. The summed E-state index contributed by atoms with van der Waals surface area (Å²) in [6, 6.07) is 7.72. The molecule has 1 aromatic carbocycles. The van der Waals surface area contributed by atoms with Crippen LogP contribution >= 0.6 is 0 Å². The Morgan fingerprint density at radius 2 is 2.04 bits per heavy atom. The second kappa shape index (κ2) is 7.65. The van der Waals surface area contributed by atoms with Gasteiger partial charge in [0, 0.05) is 33.1 Å². The molecule has 2 aromatic rings. The van der Waals surface area contributed by atoms with Crippen molar-refractivity contribution in [3.63, 3.8) is 0 Å². The molecular formula is C18H24N4O3. The zero-order chi connectivity index (χ0) is 17.8. The SMILES string of the molecule is COc1cccc(CC(=O)N2CCN(C(C)c3nnc(C)o3)CC2)c1. The molecule has 0 radical (unpaired) electrons. The maximum atomic E-state index is 12.5. The fraction of sp³-hybridized carbons (Fsp3) is 0.500. The summed E-state index contributed by atoms with van der Waals surface area (Å²) in [5.41, 5.74) is 0.974. The summed E-state index contributed by atoms with van der Waals surface area (Å²) in [7, 11) is 1.63. The summed E-state index contributed by atoms with van der Waals surface area (Å²) in [6.07, 6.45) is 0.398. The van der Waals surface area contributed by atoms with Gasteiger partial charge in [-0.2, -0.15) is 0 Å². The van der Waals surface area contributed by atoms with Gasteiger partial charge in [-0.15, -0.1) is 10.2 Å². The van der Waals surface area contributed by atoms with E-state index in [1.54, 1.807) is 14.0 Å². The molecule has 1 aliphatic heterocycles. The van der Waals surface area contributed by atoms with Gasteiger partial charge < -0.3 is 14.1 Å². The third-order valence-corrected chi connectivity index (χ3v) is 4.60. The first-order chi connectivity index (χ1) is 12.1. The number of hydrogen-bond donors (Lipinski definition) is 0. The molecule has 1 aliphatic rings. The van der Waals surface area contributed by atoms with E-state index in [9.17, 15) is 4.79 Å². The maximum absolute atomic E-state index is 12.5. The zero-order valence-corrected chi connectivity index (χ0v) is 14.9. The minimum atomic E-state index is 0.0665. The lowest BCUT2D eigenvalue weighted by molar-refractivity contribution is -0.132. The van der Waals surface area contributed by atoms with Gasteiger partial charge in [-0.05, 0) is 24.6 Å². The van der Waals surface area contributed by atoms with Crippen LogP contribution in [0.4, 0.5) is 0 Å². The molecule has 0 N–H and O–H groups in total. The van der Waals surface area contributed by atoms with Crippen molar-refractivity contribution >= 4 is 5.91 Å². The largest absolute Gasteiger partial charge is 0.497 e. The average Bonchev–Trinajstić information content (AvgIpc) is 3.07. The number of aromatic nitrogens is 2. The molecule has 25 heavy (non-hydrogen) atoms. The Balaban J connectivity index is 1.53. The van der Waals surface area contributed by atoms with Crippen LogP contribution in [0.1, 0.15) is 30.3 Å². The van der Waals surface area contributed by atoms with Gasteiger partial charge in [0.1, 0.15) is 5.75 Å². The van der Waals surface area contributed by atoms with Crippen molar-refractivity contribution in [2.45, 2.75) is 26.3 Å². The molecule has 1 atom stereocenters. The quantitative estimate of drug-likeness (QED) is 0.824. The van der Waals surface area contributed by atoms with Gasteiger partial charge in [-0.1, -0.05) is 12.1 Å². The van der Waals surface area contributed by atoms with Crippen LogP contribution in [0.3, 0.4) is 0 Å². The van der Waals surface area contributed by atoms with Crippen molar-refractivity contribution in [1.29, 1.82) is 0 Å². The molecule has 0 spiro atoms. The van der Waals surface area contributed by atoms with Gasteiger partial charge in [0.2, 0.25) is 17.7 Å². The molecule has 1 aromatic heterocycles. The van der Waals surface area contributed by atoms with Crippen molar-refractivity contribution in [2.24, 2.45) is 0 Å². The van der Waals surface area contributed by atoms with E-state index in [-0.39, 0.29) is 11.9 Å². The summed E-state index contributed by atoms with van der Waals surface area (Å²) in [4.78, 5) is 16.7.